The lowest BCUT2D eigenvalue weighted by molar-refractivity contribution is 0.475. The SMILES string of the molecule is Cn1c(CSc2ccc(O)cc2)cc(=O)n(C)c1=O. The Labute approximate surface area is 114 Å². The van der Waals surface area contributed by atoms with E-state index in [9.17, 15) is 14.7 Å². The van der Waals surface area contributed by atoms with Crippen molar-refractivity contribution in [2.45, 2.75) is 10.6 Å². The van der Waals surface area contributed by atoms with E-state index in [-0.39, 0.29) is 17.0 Å². The van der Waals surface area contributed by atoms with Gasteiger partial charge >= 0.3 is 5.69 Å². The lowest BCUT2D eigenvalue weighted by Crippen LogP contribution is -2.37. The van der Waals surface area contributed by atoms with Crippen LogP contribution in [-0.4, -0.2) is 14.2 Å². The van der Waals surface area contributed by atoms with Crippen LogP contribution in [-0.2, 0) is 19.8 Å². The zero-order valence-electron chi connectivity index (χ0n) is 10.7. The molecule has 0 amide bonds. The molecule has 100 valence electrons. The van der Waals surface area contributed by atoms with Gasteiger partial charge in [0, 0.05) is 36.5 Å². The predicted octanol–water partition coefficient (Wildman–Crippen LogP) is 1.08. The molecule has 0 unspecified atom stereocenters. The van der Waals surface area contributed by atoms with Gasteiger partial charge in [0.05, 0.1) is 0 Å². The number of aromatic nitrogens is 2. The van der Waals surface area contributed by atoms with Crippen LogP contribution in [0.1, 0.15) is 5.69 Å². The standard InChI is InChI=1S/C13H14N2O3S/c1-14-9(7-12(17)15(2)13(14)18)8-19-11-5-3-10(16)4-6-11/h3-7,16H,8H2,1-2H3. The van der Waals surface area contributed by atoms with E-state index in [0.29, 0.717) is 11.4 Å². The van der Waals surface area contributed by atoms with Crippen molar-refractivity contribution in [1.29, 1.82) is 0 Å². The van der Waals surface area contributed by atoms with Gasteiger partial charge < -0.3 is 5.11 Å². The molecule has 5 nitrogen and oxygen atoms in total. The topological polar surface area (TPSA) is 64.2 Å². The Bertz CT molecular complexity index is 701. The molecule has 0 aliphatic carbocycles. The van der Waals surface area contributed by atoms with Crippen molar-refractivity contribution in [2.75, 3.05) is 0 Å². The van der Waals surface area contributed by atoms with Crippen LogP contribution >= 0.6 is 11.8 Å². The summed E-state index contributed by atoms with van der Waals surface area (Å²) in [5.41, 5.74) is 0.0457. The third-order valence-electron chi connectivity index (χ3n) is 2.85. The molecule has 2 rings (SSSR count). The van der Waals surface area contributed by atoms with E-state index in [2.05, 4.69) is 0 Å². The van der Waals surface area contributed by atoms with Gasteiger partial charge in [-0.25, -0.2) is 4.79 Å². The molecule has 19 heavy (non-hydrogen) atoms. The number of aromatic hydroxyl groups is 1. The highest BCUT2D eigenvalue weighted by atomic mass is 32.2. The molecule has 0 spiro atoms. The van der Waals surface area contributed by atoms with E-state index in [1.807, 2.05) is 0 Å². The van der Waals surface area contributed by atoms with Crippen LogP contribution in [0.4, 0.5) is 0 Å². The Morgan fingerprint density at radius 3 is 2.37 bits per heavy atom. The maximum atomic E-state index is 11.7. The molecule has 0 saturated heterocycles. The van der Waals surface area contributed by atoms with Crippen LogP contribution in [0.25, 0.3) is 0 Å². The maximum Gasteiger partial charge on any atom is 0.330 e. The minimum absolute atomic E-state index is 0.213. The Morgan fingerprint density at radius 1 is 1.11 bits per heavy atom. The molecule has 1 aromatic carbocycles. The minimum Gasteiger partial charge on any atom is -0.508 e. The normalized spacial score (nSPS) is 10.6. The average Bonchev–Trinajstić information content (AvgIpc) is 2.41. The van der Waals surface area contributed by atoms with Crippen LogP contribution in [0.3, 0.4) is 0 Å². The molecule has 1 N–H and O–H groups in total. The smallest absolute Gasteiger partial charge is 0.330 e. The van der Waals surface area contributed by atoms with Gasteiger partial charge in [-0.15, -0.1) is 11.8 Å². The summed E-state index contributed by atoms with van der Waals surface area (Å²) in [7, 11) is 3.11. The Balaban J connectivity index is 2.23. The molecule has 0 saturated carbocycles. The van der Waals surface area contributed by atoms with Crippen molar-refractivity contribution in [3.05, 3.63) is 56.9 Å². The first kappa shape index (κ1) is 13.5. The Morgan fingerprint density at radius 2 is 1.74 bits per heavy atom. The molecule has 2 aromatic rings. The Hall–Kier alpha value is -1.95. The van der Waals surface area contributed by atoms with Crippen LogP contribution < -0.4 is 11.2 Å². The van der Waals surface area contributed by atoms with Gasteiger partial charge in [-0.1, -0.05) is 0 Å². The van der Waals surface area contributed by atoms with Crippen molar-refractivity contribution in [3.63, 3.8) is 0 Å². The highest BCUT2D eigenvalue weighted by Crippen LogP contribution is 2.23. The highest BCUT2D eigenvalue weighted by Gasteiger charge is 2.06. The molecular weight excluding hydrogens is 264 g/mol. The molecule has 0 radical (unpaired) electrons. The van der Waals surface area contributed by atoms with Gasteiger partial charge in [0.25, 0.3) is 5.56 Å². The summed E-state index contributed by atoms with van der Waals surface area (Å²) < 4.78 is 2.55. The summed E-state index contributed by atoms with van der Waals surface area (Å²) in [6.45, 7) is 0. The summed E-state index contributed by atoms with van der Waals surface area (Å²) in [6.07, 6.45) is 0. The number of benzene rings is 1. The van der Waals surface area contributed by atoms with E-state index in [4.69, 9.17) is 0 Å². The number of hydrogen-bond donors (Lipinski definition) is 1. The molecule has 0 fully saturated rings. The van der Waals surface area contributed by atoms with Gasteiger partial charge in [-0.3, -0.25) is 13.9 Å². The van der Waals surface area contributed by atoms with E-state index >= 15 is 0 Å². The average molecular weight is 278 g/mol. The zero-order valence-corrected chi connectivity index (χ0v) is 11.5. The van der Waals surface area contributed by atoms with Crippen molar-refractivity contribution >= 4 is 11.8 Å². The van der Waals surface area contributed by atoms with E-state index in [0.717, 1.165) is 9.46 Å². The van der Waals surface area contributed by atoms with Crippen LogP contribution in [0.5, 0.6) is 5.75 Å². The van der Waals surface area contributed by atoms with Gasteiger partial charge in [0.1, 0.15) is 5.75 Å². The summed E-state index contributed by atoms with van der Waals surface area (Å²) in [5, 5.41) is 9.19. The van der Waals surface area contributed by atoms with Crippen LogP contribution in [0.2, 0.25) is 0 Å². The molecule has 0 atom stereocenters. The van der Waals surface area contributed by atoms with Crippen molar-refractivity contribution < 1.29 is 5.11 Å². The third kappa shape index (κ3) is 2.90. The lowest BCUT2D eigenvalue weighted by Gasteiger charge is -2.09. The van der Waals surface area contributed by atoms with Crippen molar-refractivity contribution in [3.8, 4) is 5.75 Å². The predicted molar refractivity (Wildman–Crippen MR) is 74.6 cm³/mol. The first-order chi connectivity index (χ1) is 8.99. The molecule has 0 bridgehead atoms. The summed E-state index contributed by atoms with van der Waals surface area (Å²) in [6, 6.07) is 8.25. The number of phenols is 1. The number of hydrogen-bond acceptors (Lipinski definition) is 4. The van der Waals surface area contributed by atoms with Gasteiger partial charge in [-0.05, 0) is 24.3 Å². The second-order valence-corrected chi connectivity index (χ2v) is 5.21. The molecule has 0 aliphatic rings. The molecule has 6 heteroatoms. The largest absolute Gasteiger partial charge is 0.508 e. The second kappa shape index (κ2) is 5.36. The quantitative estimate of drug-likeness (QED) is 0.853. The zero-order chi connectivity index (χ0) is 14.0. The van der Waals surface area contributed by atoms with E-state index in [1.165, 1.54) is 29.4 Å². The summed E-state index contributed by atoms with van der Waals surface area (Å²) in [5.74, 6) is 0.734. The number of thioether (sulfide) groups is 1. The molecule has 1 heterocycles. The van der Waals surface area contributed by atoms with Crippen molar-refractivity contribution in [2.24, 2.45) is 14.1 Å². The molecule has 1 aromatic heterocycles. The first-order valence-corrected chi connectivity index (χ1v) is 6.65. The molecular formula is C13H14N2O3S. The van der Waals surface area contributed by atoms with Gasteiger partial charge in [0.2, 0.25) is 0 Å². The fraction of sp³-hybridized carbons (Fsp3) is 0.231. The van der Waals surface area contributed by atoms with E-state index < -0.39 is 0 Å². The second-order valence-electron chi connectivity index (χ2n) is 4.16. The number of phenolic OH excluding ortho intramolecular Hbond substituents is 1. The van der Waals surface area contributed by atoms with Crippen LogP contribution in [0.15, 0.2) is 44.8 Å². The first-order valence-electron chi connectivity index (χ1n) is 5.67. The maximum absolute atomic E-state index is 11.7. The van der Waals surface area contributed by atoms with Crippen molar-refractivity contribution in [1.82, 2.24) is 9.13 Å². The summed E-state index contributed by atoms with van der Waals surface area (Å²) >= 11 is 1.50. The lowest BCUT2D eigenvalue weighted by atomic mass is 10.3. The number of rotatable bonds is 3. The third-order valence-corrected chi connectivity index (χ3v) is 3.89. The van der Waals surface area contributed by atoms with Gasteiger partial charge in [0.15, 0.2) is 0 Å². The minimum atomic E-state index is -0.325. The van der Waals surface area contributed by atoms with Crippen LogP contribution in [0, 0.1) is 0 Å². The fourth-order valence-corrected chi connectivity index (χ4v) is 2.54. The highest BCUT2D eigenvalue weighted by molar-refractivity contribution is 7.98. The monoisotopic (exact) mass is 278 g/mol. The van der Waals surface area contributed by atoms with E-state index in [1.54, 1.807) is 31.3 Å². The summed E-state index contributed by atoms with van der Waals surface area (Å²) in [4.78, 5) is 24.3. The fourth-order valence-electron chi connectivity index (χ4n) is 1.62. The van der Waals surface area contributed by atoms with Gasteiger partial charge in [-0.2, -0.15) is 0 Å². The number of nitrogens with zero attached hydrogens (tertiary/aromatic N) is 2. The Kier molecular flexibility index (Phi) is 3.80. The molecule has 0 aliphatic heterocycles.